The lowest BCUT2D eigenvalue weighted by molar-refractivity contribution is -0.117. The van der Waals surface area contributed by atoms with Gasteiger partial charge in [0, 0.05) is 19.2 Å². The fraction of sp³-hybridized carbons (Fsp3) is 0.364. The van der Waals surface area contributed by atoms with Crippen molar-refractivity contribution in [1.29, 1.82) is 0 Å². The van der Waals surface area contributed by atoms with Crippen molar-refractivity contribution in [3.63, 3.8) is 0 Å². The van der Waals surface area contributed by atoms with Crippen LogP contribution >= 0.6 is 0 Å². The fourth-order valence-electron chi connectivity index (χ4n) is 3.28. The molecule has 1 aromatic carbocycles. The van der Waals surface area contributed by atoms with Gasteiger partial charge in [-0.25, -0.2) is 18.2 Å². The highest BCUT2D eigenvalue weighted by Crippen LogP contribution is 2.27. The molecule has 0 fully saturated rings. The lowest BCUT2D eigenvalue weighted by Gasteiger charge is -2.17. The van der Waals surface area contributed by atoms with Crippen LogP contribution in [0.15, 0.2) is 24.4 Å². The third-order valence-corrected chi connectivity index (χ3v) is 4.57. The van der Waals surface area contributed by atoms with E-state index in [9.17, 15) is 18.0 Å². The molecule has 0 bridgehead atoms. The Morgan fingerprint density at radius 2 is 1.69 bits per heavy atom. The van der Waals surface area contributed by atoms with Gasteiger partial charge >= 0.3 is 0 Å². The number of pyridine rings is 1. The first-order valence-corrected chi connectivity index (χ1v) is 9.35. The molecule has 4 nitrogen and oxygen atoms in total. The Kier molecular flexibility index (Phi) is 5.43. The minimum absolute atomic E-state index is 0.109. The van der Waals surface area contributed by atoms with Crippen LogP contribution in [-0.2, 0) is 11.3 Å². The molecule has 1 amide bonds. The van der Waals surface area contributed by atoms with Gasteiger partial charge < -0.3 is 9.88 Å². The highest BCUT2D eigenvalue weighted by Gasteiger charge is 2.18. The molecule has 7 heteroatoms. The number of anilines is 1. The molecule has 3 rings (SSSR count). The first kappa shape index (κ1) is 20.9. The Labute approximate surface area is 167 Å². The van der Waals surface area contributed by atoms with E-state index in [1.807, 2.05) is 46.9 Å². The van der Waals surface area contributed by atoms with Gasteiger partial charge in [0.2, 0.25) is 5.91 Å². The highest BCUT2D eigenvalue weighted by molar-refractivity contribution is 5.93. The second kappa shape index (κ2) is 7.54. The Morgan fingerprint density at radius 3 is 2.28 bits per heavy atom. The van der Waals surface area contributed by atoms with Crippen LogP contribution in [0.2, 0.25) is 0 Å². The number of benzene rings is 1. The summed E-state index contributed by atoms with van der Waals surface area (Å²) in [5.41, 5.74) is 3.24. The molecular weight excluding hydrogens is 379 g/mol. The number of aryl methyl sites for hydroxylation is 2. The summed E-state index contributed by atoms with van der Waals surface area (Å²) in [5.74, 6) is -3.53. The lowest BCUT2D eigenvalue weighted by atomic mass is 9.92. The normalized spacial score (nSPS) is 11.9. The van der Waals surface area contributed by atoms with Gasteiger partial charge in [-0.05, 0) is 54.2 Å². The van der Waals surface area contributed by atoms with Crippen molar-refractivity contribution in [3.8, 4) is 0 Å². The third kappa shape index (κ3) is 4.60. The smallest absolute Gasteiger partial charge is 0.226 e. The van der Waals surface area contributed by atoms with E-state index in [2.05, 4.69) is 10.3 Å². The first-order chi connectivity index (χ1) is 13.4. The van der Waals surface area contributed by atoms with Crippen LogP contribution in [0.5, 0.6) is 0 Å². The molecule has 29 heavy (non-hydrogen) atoms. The molecule has 0 saturated heterocycles. The van der Waals surface area contributed by atoms with Crippen molar-refractivity contribution in [3.05, 3.63) is 58.5 Å². The number of hydrogen-bond acceptors (Lipinski definition) is 2. The zero-order chi connectivity index (χ0) is 21.5. The van der Waals surface area contributed by atoms with Crippen LogP contribution in [0.25, 0.3) is 11.0 Å². The first-order valence-electron chi connectivity index (χ1n) is 9.35. The molecule has 0 radical (unpaired) electrons. The van der Waals surface area contributed by atoms with E-state index in [-0.39, 0.29) is 17.9 Å². The van der Waals surface area contributed by atoms with Crippen molar-refractivity contribution in [1.82, 2.24) is 9.55 Å². The van der Waals surface area contributed by atoms with Gasteiger partial charge in [-0.1, -0.05) is 20.8 Å². The number of fused-ring (bicyclic) bond motifs is 1. The maximum atomic E-state index is 13.5. The quantitative estimate of drug-likeness (QED) is 0.585. The van der Waals surface area contributed by atoms with E-state index in [4.69, 9.17) is 0 Å². The largest absolute Gasteiger partial charge is 0.341 e. The maximum absolute atomic E-state index is 13.5. The van der Waals surface area contributed by atoms with Crippen LogP contribution in [0.1, 0.15) is 43.9 Å². The van der Waals surface area contributed by atoms with Crippen molar-refractivity contribution in [2.24, 2.45) is 5.41 Å². The number of nitrogens with one attached hydrogen (secondary N) is 1. The average Bonchev–Trinajstić information content (AvgIpc) is 2.86. The predicted octanol–water partition coefficient (Wildman–Crippen LogP) is 5.49. The van der Waals surface area contributed by atoms with Gasteiger partial charge in [0.15, 0.2) is 17.5 Å². The van der Waals surface area contributed by atoms with Gasteiger partial charge in [0.25, 0.3) is 0 Å². The molecule has 154 valence electrons. The van der Waals surface area contributed by atoms with Crippen LogP contribution < -0.4 is 5.32 Å². The van der Waals surface area contributed by atoms with Crippen LogP contribution in [0.3, 0.4) is 0 Å². The summed E-state index contributed by atoms with van der Waals surface area (Å²) < 4.78 is 42.1. The molecule has 0 spiro atoms. The van der Waals surface area contributed by atoms with E-state index >= 15 is 0 Å². The summed E-state index contributed by atoms with van der Waals surface area (Å²) in [6.45, 7) is 9.83. The number of amides is 1. The number of hydrogen-bond donors (Lipinski definition) is 1. The van der Waals surface area contributed by atoms with E-state index in [1.54, 1.807) is 4.57 Å². The van der Waals surface area contributed by atoms with Crippen molar-refractivity contribution in [2.75, 3.05) is 5.32 Å². The van der Waals surface area contributed by atoms with E-state index in [1.165, 1.54) is 0 Å². The Balaban J connectivity index is 1.94. The van der Waals surface area contributed by atoms with E-state index in [0.29, 0.717) is 23.3 Å². The molecule has 0 aliphatic rings. The SMILES string of the molecule is Cc1cc2c(nc1NC(=O)CC(C)(C)C)c(C)cn2Cc1cc(F)c(F)c(F)c1. The summed E-state index contributed by atoms with van der Waals surface area (Å²) >= 11 is 0. The molecule has 0 saturated carbocycles. The second-order valence-corrected chi connectivity index (χ2v) is 8.62. The van der Waals surface area contributed by atoms with Gasteiger partial charge in [-0.2, -0.15) is 0 Å². The van der Waals surface area contributed by atoms with Gasteiger partial charge in [0.05, 0.1) is 11.0 Å². The topological polar surface area (TPSA) is 46.9 Å². The molecule has 0 aliphatic heterocycles. The zero-order valence-electron chi connectivity index (χ0n) is 17.2. The van der Waals surface area contributed by atoms with Crippen molar-refractivity contribution < 1.29 is 18.0 Å². The van der Waals surface area contributed by atoms with Crippen LogP contribution in [-0.4, -0.2) is 15.5 Å². The number of carbonyl (C=O) groups excluding carboxylic acids is 1. The maximum Gasteiger partial charge on any atom is 0.226 e. The minimum atomic E-state index is -1.48. The minimum Gasteiger partial charge on any atom is -0.341 e. The molecule has 0 aliphatic carbocycles. The average molecular weight is 403 g/mol. The van der Waals surface area contributed by atoms with E-state index < -0.39 is 17.5 Å². The molecule has 3 aromatic rings. The number of halogens is 3. The summed E-state index contributed by atoms with van der Waals surface area (Å²) in [7, 11) is 0. The number of aromatic nitrogens is 2. The van der Waals surface area contributed by atoms with E-state index in [0.717, 1.165) is 28.8 Å². The monoisotopic (exact) mass is 403 g/mol. The lowest BCUT2D eigenvalue weighted by Crippen LogP contribution is -2.20. The Hall–Kier alpha value is -2.83. The summed E-state index contributed by atoms with van der Waals surface area (Å²) in [4.78, 5) is 16.9. The molecule has 0 unspecified atom stereocenters. The zero-order valence-corrected chi connectivity index (χ0v) is 17.2. The molecule has 2 heterocycles. The number of rotatable bonds is 4. The van der Waals surface area contributed by atoms with Gasteiger partial charge in [-0.15, -0.1) is 0 Å². The summed E-state index contributed by atoms with van der Waals surface area (Å²) in [6, 6.07) is 3.85. The van der Waals surface area contributed by atoms with Crippen molar-refractivity contribution in [2.45, 2.75) is 47.6 Å². The summed E-state index contributed by atoms with van der Waals surface area (Å²) in [6.07, 6.45) is 2.19. The third-order valence-electron chi connectivity index (χ3n) is 4.57. The standard InChI is InChI=1S/C22H24F3N3O/c1-12-6-17-20(27-21(12)26-18(29)9-22(3,4)5)13(2)10-28(17)11-14-7-15(23)19(25)16(24)8-14/h6-8,10H,9,11H2,1-5H3,(H,26,27,29). The van der Waals surface area contributed by atoms with Gasteiger partial charge in [0.1, 0.15) is 5.82 Å². The summed E-state index contributed by atoms with van der Waals surface area (Å²) in [5, 5.41) is 2.87. The molecular formula is C22H24F3N3O. The Bertz CT molecular complexity index is 1070. The highest BCUT2D eigenvalue weighted by atomic mass is 19.2. The molecule has 1 N–H and O–H groups in total. The molecule has 0 atom stereocenters. The molecule has 2 aromatic heterocycles. The predicted molar refractivity (Wildman–Crippen MR) is 107 cm³/mol. The fourth-order valence-corrected chi connectivity index (χ4v) is 3.28. The van der Waals surface area contributed by atoms with Crippen molar-refractivity contribution >= 4 is 22.8 Å². The number of carbonyl (C=O) groups is 1. The Morgan fingerprint density at radius 1 is 1.07 bits per heavy atom. The number of nitrogens with zero attached hydrogens (tertiary/aromatic N) is 2. The van der Waals surface area contributed by atoms with Crippen LogP contribution in [0.4, 0.5) is 19.0 Å². The second-order valence-electron chi connectivity index (χ2n) is 8.62. The van der Waals surface area contributed by atoms with Gasteiger partial charge in [-0.3, -0.25) is 4.79 Å². The van der Waals surface area contributed by atoms with Crippen LogP contribution in [0, 0.1) is 36.7 Å².